The molecule has 2 aliphatic rings. The molecule has 180 valence electrons. The highest BCUT2D eigenvalue weighted by Gasteiger charge is 2.29. The highest BCUT2D eigenvalue weighted by molar-refractivity contribution is 6.07. The molecule has 0 bridgehead atoms. The fourth-order valence-electron chi connectivity index (χ4n) is 5.41. The van der Waals surface area contributed by atoms with E-state index >= 15 is 0 Å². The van der Waals surface area contributed by atoms with Crippen molar-refractivity contribution < 1.29 is 9.59 Å². The van der Waals surface area contributed by atoms with E-state index in [1.54, 1.807) is 4.90 Å². The summed E-state index contributed by atoms with van der Waals surface area (Å²) in [6, 6.07) is 21.6. The van der Waals surface area contributed by atoms with Crippen LogP contribution in [0, 0.1) is 0 Å². The number of rotatable bonds is 3. The van der Waals surface area contributed by atoms with Gasteiger partial charge in [-0.1, -0.05) is 48.5 Å². The third kappa shape index (κ3) is 3.77. The van der Waals surface area contributed by atoms with Gasteiger partial charge in [-0.15, -0.1) is 0 Å². The van der Waals surface area contributed by atoms with Crippen molar-refractivity contribution in [1.29, 1.82) is 0 Å². The van der Waals surface area contributed by atoms with E-state index in [9.17, 15) is 9.59 Å². The minimum atomic E-state index is -0.183. The Morgan fingerprint density at radius 2 is 1.64 bits per heavy atom. The van der Waals surface area contributed by atoms with Crippen molar-refractivity contribution in [1.82, 2.24) is 19.8 Å². The monoisotopic (exact) mass is 477 g/mol. The third-order valence-electron chi connectivity index (χ3n) is 7.33. The second kappa shape index (κ2) is 8.75. The molecular formula is C29H27N5O2. The topological polar surface area (TPSA) is 92.4 Å². The number of carbonyl (C=O) groups excluding carboxylic acids is 2. The lowest BCUT2D eigenvalue weighted by atomic mass is 9.96. The molecule has 2 N–H and O–H groups in total. The minimum Gasteiger partial charge on any atom is -0.368 e. The summed E-state index contributed by atoms with van der Waals surface area (Å²) >= 11 is 0. The van der Waals surface area contributed by atoms with Crippen LogP contribution in [-0.2, 0) is 13.1 Å². The van der Waals surface area contributed by atoms with Gasteiger partial charge in [0.2, 0.25) is 5.95 Å². The van der Waals surface area contributed by atoms with Crippen LogP contribution in [-0.4, -0.2) is 44.2 Å². The Bertz CT molecular complexity index is 1490. The van der Waals surface area contributed by atoms with Crippen molar-refractivity contribution in [3.05, 3.63) is 89.1 Å². The zero-order chi connectivity index (χ0) is 24.8. The van der Waals surface area contributed by atoms with E-state index in [1.807, 2.05) is 71.6 Å². The molecule has 7 heteroatoms. The average Bonchev–Trinajstić information content (AvgIpc) is 3.53. The maximum atomic E-state index is 13.6. The number of anilines is 1. The fraction of sp³-hybridized carbons (Fsp3) is 0.241. The lowest BCUT2D eigenvalue weighted by Crippen LogP contribution is -2.33. The number of nitrogens with two attached hydrogens (primary N) is 1. The number of carbonyl (C=O) groups is 2. The van der Waals surface area contributed by atoms with Gasteiger partial charge in [-0.2, -0.15) is 0 Å². The zero-order valence-electron chi connectivity index (χ0n) is 20.1. The van der Waals surface area contributed by atoms with Crippen LogP contribution >= 0.6 is 0 Å². The van der Waals surface area contributed by atoms with E-state index in [4.69, 9.17) is 5.73 Å². The predicted octanol–water partition coefficient (Wildman–Crippen LogP) is 4.66. The molecule has 2 amide bonds. The number of nitrogens with zero attached hydrogens (tertiary/aromatic N) is 4. The molecule has 2 aliphatic heterocycles. The highest BCUT2D eigenvalue weighted by Crippen LogP contribution is 2.32. The lowest BCUT2D eigenvalue weighted by Gasteiger charge is -2.23. The van der Waals surface area contributed by atoms with E-state index in [0.29, 0.717) is 29.6 Å². The van der Waals surface area contributed by atoms with Gasteiger partial charge < -0.3 is 15.5 Å². The van der Waals surface area contributed by atoms with Crippen molar-refractivity contribution in [2.24, 2.45) is 0 Å². The van der Waals surface area contributed by atoms with Gasteiger partial charge in [0, 0.05) is 36.6 Å². The zero-order valence-corrected chi connectivity index (χ0v) is 20.1. The number of hydrogen-bond acceptors (Lipinski definition) is 5. The van der Waals surface area contributed by atoms with Crippen LogP contribution in [0.5, 0.6) is 0 Å². The minimum absolute atomic E-state index is 0.0374. The normalized spacial score (nSPS) is 17.0. The largest absolute Gasteiger partial charge is 0.368 e. The Labute approximate surface area is 209 Å². The smallest absolute Gasteiger partial charge is 0.273 e. The Kier molecular flexibility index (Phi) is 5.40. The summed E-state index contributed by atoms with van der Waals surface area (Å²) in [4.78, 5) is 39.6. The summed E-state index contributed by atoms with van der Waals surface area (Å²) in [5, 5.41) is 0.624. The number of fused-ring (bicyclic) bond motifs is 2. The van der Waals surface area contributed by atoms with Crippen LogP contribution in [0.3, 0.4) is 0 Å². The standard InChI is InChI=1S/C29H27N5O2/c1-18-7-6-14-34(18)27(35)23-11-5-4-10-22(23)19-12-13-25-24(15-19)26(32-29(30)31-25)28(36)33-16-20-8-2-3-9-21(20)17-33/h2-5,8-13,15,18H,6-7,14,16-17H2,1H3,(H2,30,31,32). The first-order valence-electron chi connectivity index (χ1n) is 12.3. The maximum Gasteiger partial charge on any atom is 0.273 e. The molecule has 4 aromatic rings. The van der Waals surface area contributed by atoms with Gasteiger partial charge in [0.05, 0.1) is 5.52 Å². The maximum absolute atomic E-state index is 13.6. The molecule has 1 saturated heterocycles. The highest BCUT2D eigenvalue weighted by atomic mass is 16.2. The number of benzene rings is 3. The second-order valence-corrected chi connectivity index (χ2v) is 9.63. The summed E-state index contributed by atoms with van der Waals surface area (Å²) in [6.07, 6.45) is 2.05. The first-order valence-corrected chi connectivity index (χ1v) is 12.3. The molecule has 0 saturated carbocycles. The summed E-state index contributed by atoms with van der Waals surface area (Å²) in [6.45, 7) is 3.94. The molecule has 0 spiro atoms. The molecule has 0 aliphatic carbocycles. The quantitative estimate of drug-likeness (QED) is 0.463. The number of aromatic nitrogens is 2. The van der Waals surface area contributed by atoms with Crippen LogP contribution in [0.1, 0.15) is 51.7 Å². The molecular weight excluding hydrogens is 450 g/mol. The van der Waals surface area contributed by atoms with Crippen LogP contribution in [0.15, 0.2) is 66.7 Å². The number of hydrogen-bond donors (Lipinski definition) is 1. The van der Waals surface area contributed by atoms with Gasteiger partial charge in [0.25, 0.3) is 11.8 Å². The van der Waals surface area contributed by atoms with Crippen molar-refractivity contribution in [2.75, 3.05) is 12.3 Å². The summed E-state index contributed by atoms with van der Waals surface area (Å²) in [7, 11) is 0. The molecule has 3 heterocycles. The fourth-order valence-corrected chi connectivity index (χ4v) is 5.41. The Hall–Kier alpha value is -4.26. The van der Waals surface area contributed by atoms with E-state index in [1.165, 1.54) is 0 Å². The molecule has 1 atom stereocenters. The number of amides is 2. The summed E-state index contributed by atoms with van der Waals surface area (Å²) in [5.74, 6) is -0.0815. The van der Waals surface area contributed by atoms with E-state index in [0.717, 1.165) is 41.6 Å². The molecule has 0 radical (unpaired) electrons. The summed E-state index contributed by atoms with van der Waals surface area (Å²) < 4.78 is 0. The van der Waals surface area contributed by atoms with Crippen molar-refractivity contribution in [2.45, 2.75) is 38.9 Å². The third-order valence-corrected chi connectivity index (χ3v) is 7.33. The van der Waals surface area contributed by atoms with Crippen molar-refractivity contribution in [3.8, 4) is 11.1 Å². The Morgan fingerprint density at radius 1 is 0.917 bits per heavy atom. The summed E-state index contributed by atoms with van der Waals surface area (Å²) in [5.41, 5.74) is 11.5. The van der Waals surface area contributed by atoms with Gasteiger partial charge in [0.15, 0.2) is 0 Å². The van der Waals surface area contributed by atoms with Crippen molar-refractivity contribution >= 4 is 28.7 Å². The molecule has 7 nitrogen and oxygen atoms in total. The molecule has 1 fully saturated rings. The van der Waals surface area contributed by atoms with Crippen molar-refractivity contribution in [3.63, 3.8) is 0 Å². The molecule has 6 rings (SSSR count). The van der Waals surface area contributed by atoms with Gasteiger partial charge in [-0.25, -0.2) is 9.97 Å². The first kappa shape index (κ1) is 22.2. The van der Waals surface area contributed by atoms with E-state index < -0.39 is 0 Å². The van der Waals surface area contributed by atoms with E-state index in [2.05, 4.69) is 16.9 Å². The Balaban J connectivity index is 1.41. The molecule has 1 unspecified atom stereocenters. The molecule has 36 heavy (non-hydrogen) atoms. The SMILES string of the molecule is CC1CCCN1C(=O)c1ccccc1-c1ccc2nc(N)nc(C(=O)N3Cc4ccccc4C3)c2c1. The van der Waals surface area contributed by atoms with Gasteiger partial charge in [-0.3, -0.25) is 9.59 Å². The predicted molar refractivity (Wildman–Crippen MR) is 139 cm³/mol. The van der Waals surface area contributed by atoms with Crippen LogP contribution < -0.4 is 5.73 Å². The number of nitrogen functional groups attached to an aromatic ring is 1. The van der Waals surface area contributed by atoms with Crippen LogP contribution in [0.25, 0.3) is 22.0 Å². The van der Waals surface area contributed by atoms with Gasteiger partial charge in [-0.05, 0) is 60.2 Å². The van der Waals surface area contributed by atoms with E-state index in [-0.39, 0.29) is 29.5 Å². The first-order chi connectivity index (χ1) is 17.5. The average molecular weight is 478 g/mol. The second-order valence-electron chi connectivity index (χ2n) is 9.63. The number of likely N-dealkylation sites (tertiary alicyclic amines) is 1. The van der Waals surface area contributed by atoms with Gasteiger partial charge in [0.1, 0.15) is 5.69 Å². The Morgan fingerprint density at radius 3 is 2.36 bits per heavy atom. The molecule has 1 aromatic heterocycles. The lowest BCUT2D eigenvalue weighted by molar-refractivity contribution is 0.0740. The van der Waals surface area contributed by atoms with Crippen LogP contribution in [0.2, 0.25) is 0 Å². The van der Waals surface area contributed by atoms with Crippen LogP contribution in [0.4, 0.5) is 5.95 Å². The molecule has 3 aromatic carbocycles. The van der Waals surface area contributed by atoms with Gasteiger partial charge >= 0.3 is 0 Å².